The minimum atomic E-state index is -4.66. The van der Waals surface area contributed by atoms with Crippen LogP contribution < -0.4 is 4.74 Å². The Morgan fingerprint density at radius 1 is 1.35 bits per heavy atom. The molecule has 0 radical (unpaired) electrons. The number of benzene rings is 1. The summed E-state index contributed by atoms with van der Waals surface area (Å²) in [5.41, 5.74) is -4.43. The van der Waals surface area contributed by atoms with Crippen LogP contribution in [0.3, 0.4) is 0 Å². The fraction of sp³-hybridized carbons (Fsp3) is 0.364. The van der Waals surface area contributed by atoms with Crippen LogP contribution in [0.4, 0.5) is 22.0 Å². The van der Waals surface area contributed by atoms with E-state index in [0.717, 1.165) is 12.1 Å². The Labute approximate surface area is 123 Å². The SMILES string of the molecule is CC(=O)C(Br)c1ccc(OC(F)F)c(SC(F)(F)F)c1. The summed E-state index contributed by atoms with van der Waals surface area (Å²) in [6.45, 7) is -1.99. The van der Waals surface area contributed by atoms with Crippen molar-refractivity contribution in [3.63, 3.8) is 0 Å². The lowest BCUT2D eigenvalue weighted by Crippen LogP contribution is -2.07. The van der Waals surface area contributed by atoms with Gasteiger partial charge < -0.3 is 4.74 Å². The first-order chi connectivity index (χ1) is 9.10. The normalized spacial score (nSPS) is 13.4. The van der Waals surface area contributed by atoms with Crippen molar-refractivity contribution < 1.29 is 31.5 Å². The number of ether oxygens (including phenoxy) is 1. The molecule has 0 N–H and O–H groups in total. The molecule has 1 aromatic carbocycles. The van der Waals surface area contributed by atoms with Crippen molar-refractivity contribution in [2.24, 2.45) is 0 Å². The minimum Gasteiger partial charge on any atom is -0.434 e. The lowest BCUT2D eigenvalue weighted by Gasteiger charge is -2.14. The smallest absolute Gasteiger partial charge is 0.434 e. The molecule has 1 unspecified atom stereocenters. The summed E-state index contributed by atoms with van der Waals surface area (Å²) in [4.78, 5) is 9.84. The molecule has 0 aliphatic rings. The van der Waals surface area contributed by atoms with E-state index >= 15 is 0 Å². The van der Waals surface area contributed by atoms with Crippen molar-refractivity contribution in [3.05, 3.63) is 23.8 Å². The van der Waals surface area contributed by atoms with Gasteiger partial charge in [-0.1, -0.05) is 22.0 Å². The predicted octanol–water partition coefficient (Wildman–Crippen LogP) is 4.92. The third kappa shape index (κ3) is 5.28. The molecular weight excluding hydrogens is 371 g/mol. The van der Waals surface area contributed by atoms with Gasteiger partial charge in [-0.2, -0.15) is 22.0 Å². The lowest BCUT2D eigenvalue weighted by molar-refractivity contribution is -0.116. The van der Waals surface area contributed by atoms with E-state index in [1.807, 2.05) is 0 Å². The van der Waals surface area contributed by atoms with E-state index < -0.39 is 39.4 Å². The number of alkyl halides is 6. The standard InChI is InChI=1S/C11H8BrF5O2S/c1-5(18)9(12)6-2-3-7(19-10(13)14)8(4-6)20-11(15,16)17/h2-4,9-10H,1H3. The van der Waals surface area contributed by atoms with Crippen molar-refractivity contribution in [1.82, 2.24) is 0 Å². The van der Waals surface area contributed by atoms with Gasteiger partial charge in [0.2, 0.25) is 0 Å². The number of carbonyl (C=O) groups is 1. The summed E-state index contributed by atoms with van der Waals surface area (Å²) in [5, 5.41) is 0. The summed E-state index contributed by atoms with van der Waals surface area (Å²) in [6.07, 6.45) is 0. The van der Waals surface area contributed by atoms with E-state index in [1.165, 1.54) is 13.0 Å². The Kier molecular flexibility index (Phi) is 5.81. The van der Waals surface area contributed by atoms with E-state index in [-0.39, 0.29) is 11.3 Å². The Hall–Kier alpha value is -0.830. The van der Waals surface area contributed by atoms with Gasteiger partial charge in [-0.25, -0.2) is 0 Å². The molecule has 20 heavy (non-hydrogen) atoms. The molecule has 2 nitrogen and oxygen atoms in total. The molecule has 1 rings (SSSR count). The van der Waals surface area contributed by atoms with Crippen LogP contribution in [0.15, 0.2) is 23.1 Å². The summed E-state index contributed by atoms with van der Waals surface area (Å²) in [5.74, 6) is -0.912. The molecule has 0 spiro atoms. The third-order valence-corrected chi connectivity index (χ3v) is 4.00. The average molecular weight is 379 g/mol. The minimum absolute atomic E-state index is 0.228. The van der Waals surface area contributed by atoms with Gasteiger partial charge in [0.25, 0.3) is 0 Å². The molecule has 0 amide bonds. The molecule has 0 aliphatic heterocycles. The van der Waals surface area contributed by atoms with Gasteiger partial charge in [0.1, 0.15) is 11.5 Å². The van der Waals surface area contributed by atoms with E-state index in [9.17, 15) is 26.7 Å². The molecule has 0 aromatic heterocycles. The van der Waals surface area contributed by atoms with Gasteiger partial charge >= 0.3 is 12.1 Å². The first-order valence-electron chi connectivity index (χ1n) is 5.09. The molecule has 0 heterocycles. The van der Waals surface area contributed by atoms with E-state index in [2.05, 4.69) is 20.7 Å². The molecular formula is C11H8BrF5O2S. The van der Waals surface area contributed by atoms with Crippen LogP contribution in [0.25, 0.3) is 0 Å². The van der Waals surface area contributed by atoms with Gasteiger partial charge in [0.05, 0.1) is 9.72 Å². The molecule has 1 aromatic rings. The van der Waals surface area contributed by atoms with Gasteiger partial charge in [-0.3, -0.25) is 4.79 Å². The summed E-state index contributed by atoms with van der Waals surface area (Å²) in [6, 6.07) is 3.22. The molecule has 0 saturated carbocycles. The van der Waals surface area contributed by atoms with Crippen LogP contribution >= 0.6 is 27.7 Å². The second-order valence-electron chi connectivity index (χ2n) is 3.61. The number of ketones is 1. The van der Waals surface area contributed by atoms with Crippen LogP contribution in [0.2, 0.25) is 0 Å². The molecule has 1 atom stereocenters. The fourth-order valence-electron chi connectivity index (χ4n) is 1.31. The maximum atomic E-state index is 12.4. The maximum absolute atomic E-state index is 12.4. The first-order valence-corrected chi connectivity index (χ1v) is 6.82. The molecule has 0 bridgehead atoms. The zero-order chi connectivity index (χ0) is 15.5. The van der Waals surface area contributed by atoms with Gasteiger partial charge in [0, 0.05) is 0 Å². The monoisotopic (exact) mass is 378 g/mol. The Balaban J connectivity index is 3.17. The highest BCUT2D eigenvalue weighted by molar-refractivity contribution is 9.09. The summed E-state index contributed by atoms with van der Waals surface area (Å²) < 4.78 is 65.5. The molecule has 112 valence electrons. The van der Waals surface area contributed by atoms with Crippen molar-refractivity contribution in [2.45, 2.75) is 28.8 Å². The van der Waals surface area contributed by atoms with Gasteiger partial charge in [-0.15, -0.1) is 0 Å². The summed E-state index contributed by atoms with van der Waals surface area (Å²) >= 11 is 2.43. The highest BCUT2D eigenvalue weighted by Crippen LogP contribution is 2.43. The zero-order valence-corrected chi connectivity index (χ0v) is 12.3. The first kappa shape index (κ1) is 17.2. The van der Waals surface area contributed by atoms with Crippen LogP contribution in [-0.2, 0) is 4.79 Å². The van der Waals surface area contributed by atoms with Crippen LogP contribution in [-0.4, -0.2) is 17.9 Å². The van der Waals surface area contributed by atoms with Crippen LogP contribution in [0, 0.1) is 0 Å². The number of hydrogen-bond donors (Lipinski definition) is 0. The number of halogens is 6. The van der Waals surface area contributed by atoms with Crippen molar-refractivity contribution >= 4 is 33.5 Å². The van der Waals surface area contributed by atoms with E-state index in [4.69, 9.17) is 0 Å². The van der Waals surface area contributed by atoms with Gasteiger partial charge in [-0.05, 0) is 36.4 Å². The second-order valence-corrected chi connectivity index (χ2v) is 5.63. The number of Topliss-reactive ketones (excluding diaryl/α,β-unsaturated/α-hetero) is 1. The second kappa shape index (κ2) is 6.75. The quantitative estimate of drug-likeness (QED) is 0.413. The van der Waals surface area contributed by atoms with Crippen LogP contribution in [0.5, 0.6) is 5.75 Å². The molecule has 0 aliphatic carbocycles. The van der Waals surface area contributed by atoms with Gasteiger partial charge in [0.15, 0.2) is 0 Å². The zero-order valence-electron chi connectivity index (χ0n) is 9.88. The average Bonchev–Trinajstić information content (AvgIpc) is 2.27. The molecule has 0 fully saturated rings. The number of thioether (sulfide) groups is 1. The molecule has 9 heteroatoms. The Morgan fingerprint density at radius 2 is 1.95 bits per heavy atom. The number of rotatable bonds is 5. The maximum Gasteiger partial charge on any atom is 0.446 e. The topological polar surface area (TPSA) is 26.3 Å². The predicted molar refractivity (Wildman–Crippen MR) is 67.3 cm³/mol. The van der Waals surface area contributed by atoms with Crippen LogP contribution in [0.1, 0.15) is 17.3 Å². The van der Waals surface area contributed by atoms with Crippen molar-refractivity contribution in [2.75, 3.05) is 0 Å². The highest BCUT2D eigenvalue weighted by Gasteiger charge is 2.32. The van der Waals surface area contributed by atoms with Crippen molar-refractivity contribution in [1.29, 1.82) is 0 Å². The Morgan fingerprint density at radius 3 is 2.40 bits per heavy atom. The number of carbonyl (C=O) groups excluding carboxylic acids is 1. The highest BCUT2D eigenvalue weighted by atomic mass is 79.9. The van der Waals surface area contributed by atoms with E-state index in [1.54, 1.807) is 0 Å². The third-order valence-electron chi connectivity index (χ3n) is 2.06. The van der Waals surface area contributed by atoms with E-state index in [0.29, 0.717) is 0 Å². The summed E-state index contributed by atoms with van der Waals surface area (Å²) in [7, 11) is 0. The van der Waals surface area contributed by atoms with Crippen molar-refractivity contribution in [3.8, 4) is 5.75 Å². The lowest BCUT2D eigenvalue weighted by atomic mass is 10.1. The number of hydrogen-bond acceptors (Lipinski definition) is 3. The largest absolute Gasteiger partial charge is 0.446 e. The Bertz CT molecular complexity index is 492. The fourth-order valence-corrected chi connectivity index (χ4v) is 2.26. The molecule has 0 saturated heterocycles.